The van der Waals surface area contributed by atoms with Crippen molar-refractivity contribution in [3.05, 3.63) is 28.7 Å². The number of amides is 2. The van der Waals surface area contributed by atoms with E-state index in [0.717, 1.165) is 11.8 Å². The molecule has 1 aliphatic rings. The van der Waals surface area contributed by atoms with E-state index in [1.807, 2.05) is 0 Å². The first-order valence-corrected chi connectivity index (χ1v) is 6.99. The number of imide groups is 1. The molecular formula is C12H15N3O3S. The smallest absolute Gasteiger partial charge is 0.288 e. The van der Waals surface area contributed by atoms with Crippen LogP contribution < -0.4 is 11.3 Å². The minimum Gasteiger partial charge on any atom is -0.398 e. The van der Waals surface area contributed by atoms with Crippen molar-refractivity contribution in [2.75, 3.05) is 18.0 Å². The van der Waals surface area contributed by atoms with Crippen LogP contribution in [0.5, 0.6) is 0 Å². The molecule has 2 N–H and O–H groups in total. The lowest BCUT2D eigenvalue weighted by Crippen LogP contribution is -2.39. The lowest BCUT2D eigenvalue weighted by atomic mass is 10.3. The van der Waals surface area contributed by atoms with Crippen molar-refractivity contribution in [2.24, 2.45) is 0 Å². The highest BCUT2D eigenvalue weighted by molar-refractivity contribution is 8.13. The van der Waals surface area contributed by atoms with Crippen LogP contribution >= 0.6 is 11.8 Å². The zero-order chi connectivity index (χ0) is 13.8. The fourth-order valence-corrected chi connectivity index (χ4v) is 2.68. The van der Waals surface area contributed by atoms with Gasteiger partial charge < -0.3 is 10.3 Å². The van der Waals surface area contributed by atoms with E-state index in [-0.39, 0.29) is 16.7 Å². The summed E-state index contributed by atoms with van der Waals surface area (Å²) >= 11 is 1.16. The molecule has 0 bridgehead atoms. The Morgan fingerprint density at radius 2 is 2.00 bits per heavy atom. The molecule has 2 amide bonds. The van der Waals surface area contributed by atoms with Crippen LogP contribution in [0.15, 0.2) is 23.1 Å². The molecule has 1 aromatic heterocycles. The lowest BCUT2D eigenvalue weighted by Gasteiger charge is -2.24. The van der Waals surface area contributed by atoms with Gasteiger partial charge in [-0.05, 0) is 12.5 Å². The molecule has 0 aromatic carbocycles. The standard InChI is InChI=1S/C12H15N3O3S/c13-9-2-3-10(16)14(8-9)5-1-6-15-11(17)4-7-19-12(15)18/h2-3,8H,1,4-7,13H2. The van der Waals surface area contributed by atoms with E-state index in [2.05, 4.69) is 0 Å². The first-order chi connectivity index (χ1) is 9.08. The van der Waals surface area contributed by atoms with Crippen molar-refractivity contribution >= 4 is 28.6 Å². The highest BCUT2D eigenvalue weighted by atomic mass is 32.2. The van der Waals surface area contributed by atoms with E-state index in [0.29, 0.717) is 37.4 Å². The summed E-state index contributed by atoms with van der Waals surface area (Å²) in [7, 11) is 0. The van der Waals surface area contributed by atoms with Crippen molar-refractivity contribution in [2.45, 2.75) is 19.4 Å². The van der Waals surface area contributed by atoms with Crippen LogP contribution in [0.1, 0.15) is 12.8 Å². The molecule has 19 heavy (non-hydrogen) atoms. The van der Waals surface area contributed by atoms with Crippen molar-refractivity contribution in [1.29, 1.82) is 0 Å². The van der Waals surface area contributed by atoms with Gasteiger partial charge in [-0.2, -0.15) is 0 Å². The number of nitrogens with zero attached hydrogens (tertiary/aromatic N) is 2. The first-order valence-electron chi connectivity index (χ1n) is 6.01. The predicted molar refractivity (Wildman–Crippen MR) is 73.9 cm³/mol. The molecule has 7 heteroatoms. The third kappa shape index (κ3) is 3.37. The molecule has 0 atom stereocenters. The Morgan fingerprint density at radius 3 is 2.74 bits per heavy atom. The maximum Gasteiger partial charge on any atom is 0.288 e. The van der Waals surface area contributed by atoms with Crippen molar-refractivity contribution in [3.8, 4) is 0 Å². The Bertz CT molecular complexity index is 539. The summed E-state index contributed by atoms with van der Waals surface area (Å²) < 4.78 is 1.49. The second-order valence-electron chi connectivity index (χ2n) is 4.26. The van der Waals surface area contributed by atoms with Crippen LogP contribution in [0.2, 0.25) is 0 Å². The van der Waals surface area contributed by atoms with Crippen molar-refractivity contribution < 1.29 is 9.59 Å². The number of carbonyl (C=O) groups is 2. The Labute approximate surface area is 114 Å². The molecule has 0 aliphatic carbocycles. The summed E-state index contributed by atoms with van der Waals surface area (Å²) in [5.74, 6) is 0.423. The highest BCUT2D eigenvalue weighted by Crippen LogP contribution is 2.18. The third-order valence-electron chi connectivity index (χ3n) is 2.85. The Balaban J connectivity index is 1.92. The van der Waals surface area contributed by atoms with Crippen molar-refractivity contribution in [3.63, 3.8) is 0 Å². The number of hydrogen-bond donors (Lipinski definition) is 1. The molecule has 0 radical (unpaired) electrons. The van der Waals surface area contributed by atoms with Gasteiger partial charge in [0.05, 0.1) is 0 Å². The second-order valence-corrected chi connectivity index (χ2v) is 5.30. The molecule has 2 rings (SSSR count). The summed E-state index contributed by atoms with van der Waals surface area (Å²) in [4.78, 5) is 35.9. The summed E-state index contributed by atoms with van der Waals surface area (Å²) in [6.45, 7) is 0.775. The van der Waals surface area contributed by atoms with Gasteiger partial charge in [-0.3, -0.25) is 19.3 Å². The molecule has 6 nitrogen and oxygen atoms in total. The van der Waals surface area contributed by atoms with Crippen LogP contribution in [-0.2, 0) is 11.3 Å². The monoisotopic (exact) mass is 281 g/mol. The van der Waals surface area contributed by atoms with E-state index in [1.165, 1.54) is 15.5 Å². The Morgan fingerprint density at radius 1 is 1.21 bits per heavy atom. The maximum atomic E-state index is 11.6. The SMILES string of the molecule is Nc1ccc(=O)n(CCCN2C(=O)CCSC2=O)c1. The van der Waals surface area contributed by atoms with Gasteiger partial charge in [-0.15, -0.1) is 0 Å². The number of nitrogens with two attached hydrogens (primary N) is 1. The van der Waals surface area contributed by atoms with E-state index in [9.17, 15) is 14.4 Å². The number of nitrogen functional groups attached to an aromatic ring is 1. The van der Waals surface area contributed by atoms with E-state index in [1.54, 1.807) is 12.3 Å². The van der Waals surface area contributed by atoms with Gasteiger partial charge >= 0.3 is 0 Å². The fourth-order valence-electron chi connectivity index (χ4n) is 1.88. The summed E-state index contributed by atoms with van der Waals surface area (Å²) in [6, 6.07) is 2.95. The molecule has 2 heterocycles. The van der Waals surface area contributed by atoms with E-state index in [4.69, 9.17) is 5.73 Å². The summed E-state index contributed by atoms with van der Waals surface area (Å²) in [5.41, 5.74) is 5.98. The van der Waals surface area contributed by atoms with Gasteiger partial charge in [0.25, 0.3) is 10.8 Å². The predicted octanol–water partition coefficient (Wildman–Crippen LogP) is 0.906. The average molecular weight is 281 g/mol. The third-order valence-corrected chi connectivity index (χ3v) is 3.73. The van der Waals surface area contributed by atoms with Crippen LogP contribution in [0.3, 0.4) is 0 Å². The number of aromatic nitrogens is 1. The number of carbonyl (C=O) groups excluding carboxylic acids is 2. The minimum absolute atomic E-state index is 0.135. The highest BCUT2D eigenvalue weighted by Gasteiger charge is 2.25. The van der Waals surface area contributed by atoms with Gasteiger partial charge in [-0.1, -0.05) is 11.8 Å². The Kier molecular flexibility index (Phi) is 4.26. The topological polar surface area (TPSA) is 85.4 Å². The number of anilines is 1. The van der Waals surface area contributed by atoms with Gasteiger partial charge in [0.1, 0.15) is 0 Å². The zero-order valence-corrected chi connectivity index (χ0v) is 11.2. The zero-order valence-electron chi connectivity index (χ0n) is 10.4. The average Bonchev–Trinajstić information content (AvgIpc) is 2.37. The number of thioether (sulfide) groups is 1. The van der Waals surface area contributed by atoms with Gasteiger partial charge in [0, 0.05) is 43.2 Å². The second kappa shape index (κ2) is 5.92. The molecule has 1 aromatic rings. The van der Waals surface area contributed by atoms with E-state index < -0.39 is 0 Å². The molecule has 1 aliphatic heterocycles. The molecule has 1 saturated heterocycles. The maximum absolute atomic E-state index is 11.6. The minimum atomic E-state index is -0.198. The van der Waals surface area contributed by atoms with E-state index >= 15 is 0 Å². The van der Waals surface area contributed by atoms with Gasteiger partial charge in [0.15, 0.2) is 0 Å². The molecule has 0 spiro atoms. The quantitative estimate of drug-likeness (QED) is 0.886. The first kappa shape index (κ1) is 13.7. The Hall–Kier alpha value is -1.76. The fraction of sp³-hybridized carbons (Fsp3) is 0.417. The largest absolute Gasteiger partial charge is 0.398 e. The van der Waals surface area contributed by atoms with Gasteiger partial charge in [-0.25, -0.2) is 0 Å². The molecule has 0 unspecified atom stereocenters. The van der Waals surface area contributed by atoms with Crippen LogP contribution in [0.25, 0.3) is 0 Å². The normalized spacial score (nSPS) is 15.9. The van der Waals surface area contributed by atoms with Crippen LogP contribution in [-0.4, -0.2) is 32.9 Å². The summed E-state index contributed by atoms with van der Waals surface area (Å²) in [6.07, 6.45) is 2.51. The number of rotatable bonds is 4. The molecule has 0 saturated carbocycles. The number of hydrogen-bond acceptors (Lipinski definition) is 5. The van der Waals surface area contributed by atoms with Crippen molar-refractivity contribution in [1.82, 2.24) is 9.47 Å². The van der Waals surface area contributed by atoms with Crippen LogP contribution in [0.4, 0.5) is 10.5 Å². The number of aryl methyl sites for hydroxylation is 1. The molecule has 1 fully saturated rings. The molecular weight excluding hydrogens is 266 g/mol. The number of pyridine rings is 1. The van der Waals surface area contributed by atoms with Crippen LogP contribution in [0, 0.1) is 0 Å². The summed E-state index contributed by atoms with van der Waals surface area (Å²) in [5, 5.41) is -0.198. The van der Waals surface area contributed by atoms with Gasteiger partial charge in [0.2, 0.25) is 5.91 Å². The molecule has 102 valence electrons. The lowest BCUT2D eigenvalue weighted by molar-refractivity contribution is -0.127.